The lowest BCUT2D eigenvalue weighted by Crippen LogP contribution is -2.20. The summed E-state index contributed by atoms with van der Waals surface area (Å²) >= 11 is 1.65. The van der Waals surface area contributed by atoms with E-state index >= 15 is 0 Å². The number of hydrogen-bond donors (Lipinski definition) is 1. The summed E-state index contributed by atoms with van der Waals surface area (Å²) in [5.41, 5.74) is 2.92. The highest BCUT2D eigenvalue weighted by Crippen LogP contribution is 2.39. The van der Waals surface area contributed by atoms with E-state index in [0.29, 0.717) is 6.61 Å². The molecule has 0 radical (unpaired) electrons. The van der Waals surface area contributed by atoms with E-state index in [1.54, 1.807) is 11.8 Å². The quantitative estimate of drug-likeness (QED) is 0.906. The second-order valence-electron chi connectivity index (χ2n) is 5.18. The van der Waals surface area contributed by atoms with Crippen molar-refractivity contribution in [3.8, 4) is 5.75 Å². The van der Waals surface area contributed by atoms with Gasteiger partial charge in [0.25, 0.3) is 0 Å². The van der Waals surface area contributed by atoms with Crippen LogP contribution in [0, 0.1) is 0 Å². The highest BCUT2D eigenvalue weighted by Gasteiger charge is 2.28. The highest BCUT2D eigenvalue weighted by molar-refractivity contribution is 8.16. The average molecular weight is 317 g/mol. The van der Waals surface area contributed by atoms with Crippen molar-refractivity contribution in [1.82, 2.24) is 4.90 Å². The molecular formula is C16H19N3O2S. The van der Waals surface area contributed by atoms with Gasteiger partial charge in [0, 0.05) is 36.2 Å². The molecule has 0 saturated carbocycles. The van der Waals surface area contributed by atoms with Gasteiger partial charge in [-0.15, -0.1) is 0 Å². The monoisotopic (exact) mass is 317 g/mol. The van der Waals surface area contributed by atoms with Gasteiger partial charge < -0.3 is 15.0 Å². The van der Waals surface area contributed by atoms with Crippen LogP contribution in [0.5, 0.6) is 5.75 Å². The lowest BCUT2D eigenvalue weighted by molar-refractivity contribution is -0.114. The van der Waals surface area contributed by atoms with E-state index in [1.165, 1.54) is 6.92 Å². The number of nitrogens with zero attached hydrogens (tertiary/aromatic N) is 2. The van der Waals surface area contributed by atoms with Gasteiger partial charge in [-0.25, -0.2) is 0 Å². The molecular weight excluding hydrogens is 298 g/mol. The van der Waals surface area contributed by atoms with Crippen molar-refractivity contribution >= 4 is 34.2 Å². The number of anilines is 1. The normalized spacial score (nSPS) is 16.2. The third kappa shape index (κ3) is 2.97. The number of fused-ring (bicyclic) bond motifs is 1. The summed E-state index contributed by atoms with van der Waals surface area (Å²) in [7, 11) is 0. The van der Waals surface area contributed by atoms with E-state index in [4.69, 9.17) is 4.74 Å². The van der Waals surface area contributed by atoms with E-state index in [1.807, 2.05) is 18.2 Å². The van der Waals surface area contributed by atoms with Gasteiger partial charge in [0.1, 0.15) is 5.75 Å². The number of carbonyl (C=O) groups excluding carboxylic acids is 1. The zero-order chi connectivity index (χ0) is 15.5. The number of ether oxygens (including phenoxy) is 1. The van der Waals surface area contributed by atoms with Crippen LogP contribution < -0.4 is 10.1 Å². The molecule has 0 spiro atoms. The molecule has 0 fully saturated rings. The Balaban J connectivity index is 1.92. The fraction of sp³-hybridized carbons (Fsp3) is 0.375. The van der Waals surface area contributed by atoms with Crippen molar-refractivity contribution in [3.63, 3.8) is 0 Å². The summed E-state index contributed by atoms with van der Waals surface area (Å²) in [5, 5.41) is 5.98. The first-order valence-electron chi connectivity index (χ1n) is 7.42. The first kappa shape index (κ1) is 15.0. The number of aliphatic imine (C=N–C) groups is 1. The molecule has 6 heteroatoms. The Hall–Kier alpha value is -1.95. The SMILES string of the molecule is CCCOc1cc(NC(C)=O)ccc1C1=CSC2=NCCN12. The molecule has 0 atom stereocenters. The van der Waals surface area contributed by atoms with E-state index in [2.05, 4.69) is 27.5 Å². The number of benzene rings is 1. The molecule has 0 unspecified atom stereocenters. The van der Waals surface area contributed by atoms with Crippen molar-refractivity contribution in [2.75, 3.05) is 25.0 Å². The minimum Gasteiger partial charge on any atom is -0.493 e. The Bertz CT molecular complexity index is 655. The second kappa shape index (κ2) is 6.44. The van der Waals surface area contributed by atoms with Gasteiger partial charge in [0.2, 0.25) is 5.91 Å². The summed E-state index contributed by atoms with van der Waals surface area (Å²) < 4.78 is 5.90. The van der Waals surface area contributed by atoms with Gasteiger partial charge in [0.15, 0.2) is 5.17 Å². The molecule has 116 valence electrons. The van der Waals surface area contributed by atoms with Crippen LogP contribution in [0.4, 0.5) is 5.69 Å². The fourth-order valence-electron chi connectivity index (χ4n) is 2.48. The lowest BCUT2D eigenvalue weighted by atomic mass is 10.1. The van der Waals surface area contributed by atoms with Gasteiger partial charge >= 0.3 is 0 Å². The summed E-state index contributed by atoms with van der Waals surface area (Å²) in [5.74, 6) is 0.715. The van der Waals surface area contributed by atoms with Crippen molar-refractivity contribution in [2.45, 2.75) is 20.3 Å². The first-order valence-corrected chi connectivity index (χ1v) is 8.30. The highest BCUT2D eigenvalue weighted by atomic mass is 32.2. The zero-order valence-electron chi connectivity index (χ0n) is 12.8. The maximum Gasteiger partial charge on any atom is 0.221 e. The van der Waals surface area contributed by atoms with E-state index in [-0.39, 0.29) is 5.91 Å². The van der Waals surface area contributed by atoms with Gasteiger partial charge in [-0.1, -0.05) is 18.7 Å². The van der Waals surface area contributed by atoms with Crippen molar-refractivity contribution in [3.05, 3.63) is 29.2 Å². The number of hydrogen-bond acceptors (Lipinski definition) is 5. The Morgan fingerprint density at radius 3 is 3.14 bits per heavy atom. The Kier molecular flexibility index (Phi) is 4.38. The van der Waals surface area contributed by atoms with Crippen molar-refractivity contribution in [1.29, 1.82) is 0 Å². The maximum atomic E-state index is 11.2. The Morgan fingerprint density at radius 2 is 2.36 bits per heavy atom. The Morgan fingerprint density at radius 1 is 1.50 bits per heavy atom. The number of nitrogens with one attached hydrogen (secondary N) is 1. The number of carbonyl (C=O) groups is 1. The van der Waals surface area contributed by atoms with Gasteiger partial charge in [-0.05, 0) is 18.6 Å². The molecule has 1 amide bonds. The second-order valence-corrected chi connectivity index (χ2v) is 6.01. The molecule has 22 heavy (non-hydrogen) atoms. The molecule has 0 saturated heterocycles. The first-order chi connectivity index (χ1) is 10.7. The molecule has 3 rings (SSSR count). The number of amidine groups is 1. The van der Waals surface area contributed by atoms with Gasteiger partial charge in [0.05, 0.1) is 18.8 Å². The fourth-order valence-corrected chi connectivity index (χ4v) is 3.43. The summed E-state index contributed by atoms with van der Waals surface area (Å²) in [6, 6.07) is 5.80. The van der Waals surface area contributed by atoms with Crippen LogP contribution in [0.15, 0.2) is 28.6 Å². The van der Waals surface area contributed by atoms with Gasteiger partial charge in [-0.3, -0.25) is 9.79 Å². The third-order valence-corrected chi connectivity index (χ3v) is 4.31. The minimum atomic E-state index is -0.0845. The molecule has 0 aromatic heterocycles. The van der Waals surface area contributed by atoms with Crippen molar-refractivity contribution < 1.29 is 9.53 Å². The third-order valence-electron chi connectivity index (χ3n) is 3.41. The molecule has 2 aliphatic heterocycles. The van der Waals surface area contributed by atoms with Crippen LogP contribution in [-0.4, -0.2) is 35.7 Å². The molecule has 1 aromatic carbocycles. The predicted octanol–water partition coefficient (Wildman–Crippen LogP) is 3.15. The van der Waals surface area contributed by atoms with E-state index in [0.717, 1.165) is 47.4 Å². The molecule has 2 heterocycles. The zero-order valence-corrected chi connectivity index (χ0v) is 13.6. The van der Waals surface area contributed by atoms with Crippen LogP contribution in [0.3, 0.4) is 0 Å². The van der Waals surface area contributed by atoms with E-state index in [9.17, 15) is 4.79 Å². The average Bonchev–Trinajstić information content (AvgIpc) is 3.08. The molecule has 5 nitrogen and oxygen atoms in total. The topological polar surface area (TPSA) is 53.9 Å². The Labute approximate surface area is 134 Å². The largest absolute Gasteiger partial charge is 0.493 e. The number of rotatable bonds is 5. The van der Waals surface area contributed by atoms with E-state index < -0.39 is 0 Å². The van der Waals surface area contributed by atoms with Crippen molar-refractivity contribution in [2.24, 2.45) is 4.99 Å². The molecule has 2 aliphatic rings. The predicted molar refractivity (Wildman–Crippen MR) is 91.1 cm³/mol. The standard InChI is InChI=1S/C16H19N3O2S/c1-3-8-21-15-9-12(18-11(2)20)4-5-13(15)14-10-22-16-17-6-7-19(14)16/h4-5,9-10H,3,6-8H2,1-2H3,(H,18,20). The molecule has 1 N–H and O–H groups in total. The number of thioether (sulfide) groups is 1. The number of amides is 1. The summed E-state index contributed by atoms with van der Waals surface area (Å²) in [6.07, 6.45) is 0.939. The smallest absolute Gasteiger partial charge is 0.221 e. The van der Waals surface area contributed by atoms with Gasteiger partial charge in [-0.2, -0.15) is 0 Å². The van der Waals surface area contributed by atoms with Crippen LogP contribution in [0.2, 0.25) is 0 Å². The molecule has 1 aromatic rings. The van der Waals surface area contributed by atoms with Crippen LogP contribution in [0.25, 0.3) is 5.70 Å². The maximum absolute atomic E-state index is 11.2. The molecule has 0 bridgehead atoms. The molecule has 0 aliphatic carbocycles. The lowest BCUT2D eigenvalue weighted by Gasteiger charge is -2.20. The minimum absolute atomic E-state index is 0.0845. The summed E-state index contributed by atoms with van der Waals surface area (Å²) in [6.45, 7) is 5.98. The van der Waals surface area contributed by atoms with Crippen LogP contribution >= 0.6 is 11.8 Å². The van der Waals surface area contributed by atoms with Crippen LogP contribution in [-0.2, 0) is 4.79 Å². The van der Waals surface area contributed by atoms with Crippen LogP contribution in [0.1, 0.15) is 25.8 Å². The summed E-state index contributed by atoms with van der Waals surface area (Å²) in [4.78, 5) is 17.9.